The highest BCUT2D eigenvalue weighted by molar-refractivity contribution is 7.80. The molecule has 6 rings (SSSR count). The summed E-state index contributed by atoms with van der Waals surface area (Å²) in [5, 5.41) is 9.80. The van der Waals surface area contributed by atoms with E-state index in [1.54, 1.807) is 0 Å². The van der Waals surface area contributed by atoms with E-state index >= 15 is 0 Å². The minimum Gasteiger partial charge on any atom is -0.479 e. The van der Waals surface area contributed by atoms with Crippen molar-refractivity contribution in [3.8, 4) is 0 Å². The number of ketones is 1. The molecule has 0 unspecified atom stereocenters. The molecule has 0 bridgehead atoms. The summed E-state index contributed by atoms with van der Waals surface area (Å²) in [6, 6.07) is 0. The third-order valence-corrected chi connectivity index (χ3v) is 17.0. The molecule has 0 radical (unpaired) electrons. The molecule has 0 aromatic heterocycles. The average molecular weight is 721 g/mol. The van der Waals surface area contributed by atoms with E-state index in [1.807, 2.05) is 47.6 Å². The van der Waals surface area contributed by atoms with Gasteiger partial charge in [0.2, 0.25) is 6.29 Å². The van der Waals surface area contributed by atoms with E-state index in [0.717, 1.165) is 37.7 Å². The first-order chi connectivity index (χ1) is 22.8. The van der Waals surface area contributed by atoms with Gasteiger partial charge in [0.05, 0.1) is 11.5 Å². The Kier molecular flexibility index (Phi) is 8.98. The number of allylic oxidation sites excluding steroid dienone is 2. The number of rotatable bonds is 5. The first-order valence-corrected chi connectivity index (χ1v) is 20.2. The molecule has 4 saturated carbocycles. The summed E-state index contributed by atoms with van der Waals surface area (Å²) in [6.07, 6.45) is 5.93. The smallest absolute Gasteiger partial charge is 0.397 e. The number of ether oxygens (including phenoxy) is 2. The largest absolute Gasteiger partial charge is 0.479 e. The van der Waals surface area contributed by atoms with Crippen molar-refractivity contribution in [2.24, 2.45) is 68.0 Å². The minimum absolute atomic E-state index is 0.00514. The van der Waals surface area contributed by atoms with Gasteiger partial charge >= 0.3 is 22.3 Å². The second-order valence-electron chi connectivity index (χ2n) is 19.4. The van der Waals surface area contributed by atoms with E-state index in [0.29, 0.717) is 25.7 Å². The molecule has 5 fully saturated rings. The van der Waals surface area contributed by atoms with Gasteiger partial charge in [-0.25, -0.2) is 8.98 Å². The Morgan fingerprint density at radius 2 is 1.52 bits per heavy atom. The van der Waals surface area contributed by atoms with Crippen LogP contribution in [0.25, 0.3) is 0 Å². The number of hydrogen-bond acceptors (Lipinski definition) is 8. The minimum atomic E-state index is -4.62. The van der Waals surface area contributed by atoms with Crippen LogP contribution in [0.4, 0.5) is 0 Å². The van der Waals surface area contributed by atoms with Crippen LogP contribution in [0.5, 0.6) is 0 Å². The van der Waals surface area contributed by atoms with Crippen LogP contribution in [0.3, 0.4) is 0 Å². The lowest BCUT2D eigenvalue weighted by Crippen LogP contribution is -2.66. The van der Waals surface area contributed by atoms with Gasteiger partial charge in [-0.1, -0.05) is 67.9 Å². The summed E-state index contributed by atoms with van der Waals surface area (Å²) in [6.45, 7) is 21.0. The molecule has 11 heteroatoms. The average Bonchev–Trinajstić information content (AvgIpc) is 3.00. The molecule has 2 N–H and O–H groups in total. The summed E-state index contributed by atoms with van der Waals surface area (Å²) in [7, 11) is -4.62. The molecule has 6 aliphatic rings. The van der Waals surface area contributed by atoms with Crippen molar-refractivity contribution in [2.75, 3.05) is 0 Å². The second kappa shape index (κ2) is 11.8. The summed E-state index contributed by atoms with van der Waals surface area (Å²) in [4.78, 5) is 40.9. The topological polar surface area (TPSA) is 154 Å². The molecule has 0 aromatic rings. The normalized spacial score (nSPS) is 50.1. The van der Waals surface area contributed by atoms with Gasteiger partial charge in [-0.2, -0.15) is 8.42 Å². The molecule has 1 heterocycles. The van der Waals surface area contributed by atoms with Gasteiger partial charge in [0.1, 0.15) is 0 Å². The van der Waals surface area contributed by atoms with Gasteiger partial charge in [0, 0.05) is 11.8 Å². The van der Waals surface area contributed by atoms with Crippen LogP contribution in [0.15, 0.2) is 11.6 Å². The van der Waals surface area contributed by atoms with Crippen molar-refractivity contribution in [1.29, 1.82) is 0 Å². The number of hydrogen-bond donors (Lipinski definition) is 2. The van der Waals surface area contributed by atoms with Gasteiger partial charge in [-0.3, -0.25) is 14.1 Å². The fourth-order valence-corrected chi connectivity index (χ4v) is 13.4. The predicted molar refractivity (Wildman–Crippen MR) is 186 cm³/mol. The van der Waals surface area contributed by atoms with E-state index < -0.39 is 45.7 Å². The van der Waals surface area contributed by atoms with E-state index in [4.69, 9.17) is 13.7 Å². The monoisotopic (exact) mass is 720 g/mol. The highest BCUT2D eigenvalue weighted by Gasteiger charge is 2.70. The van der Waals surface area contributed by atoms with E-state index in [1.165, 1.54) is 0 Å². The first-order valence-electron chi connectivity index (χ1n) is 18.9. The molecule has 5 aliphatic carbocycles. The molecule has 1 saturated heterocycles. The molecular formula is C39H60O10S. The van der Waals surface area contributed by atoms with Gasteiger partial charge < -0.3 is 14.6 Å². The number of carboxylic acids is 1. The molecule has 0 spiro atoms. The first kappa shape index (κ1) is 37.9. The summed E-state index contributed by atoms with van der Waals surface area (Å²) < 4.78 is 50.4. The Morgan fingerprint density at radius 1 is 0.880 bits per heavy atom. The summed E-state index contributed by atoms with van der Waals surface area (Å²) >= 11 is 0. The Bertz CT molecular complexity index is 1590. The van der Waals surface area contributed by atoms with Crippen LogP contribution < -0.4 is 0 Å². The quantitative estimate of drug-likeness (QED) is 0.217. The zero-order chi connectivity index (χ0) is 37.2. The molecule has 0 aromatic carbocycles. The number of carboxylic acid groups (broad SMARTS) is 1. The maximum atomic E-state index is 14.7. The molecule has 282 valence electrons. The lowest BCUT2D eigenvalue weighted by Gasteiger charge is -2.70. The number of aliphatic carboxylic acids is 1. The van der Waals surface area contributed by atoms with Crippen molar-refractivity contribution in [3.05, 3.63) is 11.6 Å². The van der Waals surface area contributed by atoms with Crippen LogP contribution >= 0.6 is 0 Å². The van der Waals surface area contributed by atoms with Crippen molar-refractivity contribution < 1.29 is 46.1 Å². The Balaban J connectivity index is 1.30. The standard InChI is InChI=1S/C39H60O10S/c1-21-22(2)29(31(41)42)47-32(23(21)3)48-33(43)36(7)16-15-35(6)17-18-38(9)24(25(35)20-36)19-26(40)30-37(8)13-12-28(49-50(44,45)46)34(4,5)27(37)11-14-39(30,38)10/h19,21-23,25,27-30,32H,11-18,20H2,1-10H3,(H,41,42)(H,44,45,46)/t21-,22-,23+,25-,27-,28-,29-,30+,32-,35+,36-,37-,38+,39+/m0/s1. The van der Waals surface area contributed by atoms with Crippen molar-refractivity contribution in [1.82, 2.24) is 0 Å². The molecule has 0 amide bonds. The van der Waals surface area contributed by atoms with Crippen molar-refractivity contribution in [2.45, 2.75) is 146 Å². The van der Waals surface area contributed by atoms with Crippen LogP contribution in [-0.4, -0.2) is 54.3 Å². The number of carbonyl (C=O) groups excluding carboxylic acids is 2. The molecular weight excluding hydrogens is 660 g/mol. The van der Waals surface area contributed by atoms with Crippen LogP contribution in [0, 0.1) is 68.0 Å². The Labute approximate surface area is 298 Å². The maximum absolute atomic E-state index is 14.7. The number of carbonyl (C=O) groups is 3. The van der Waals surface area contributed by atoms with E-state index in [2.05, 4.69) is 27.7 Å². The number of esters is 1. The Morgan fingerprint density at radius 3 is 2.14 bits per heavy atom. The lowest BCUT2D eigenvalue weighted by atomic mass is 9.33. The van der Waals surface area contributed by atoms with Gasteiger partial charge in [-0.15, -0.1) is 0 Å². The van der Waals surface area contributed by atoms with E-state index in [9.17, 15) is 32.5 Å². The predicted octanol–water partition coefficient (Wildman–Crippen LogP) is 7.42. The number of fused-ring (bicyclic) bond motifs is 7. The second-order valence-corrected chi connectivity index (χ2v) is 20.4. The van der Waals surface area contributed by atoms with E-state index in [-0.39, 0.29) is 68.9 Å². The molecule has 1 aliphatic heterocycles. The zero-order valence-electron chi connectivity index (χ0n) is 31.7. The Hall–Kier alpha value is -1.82. The maximum Gasteiger partial charge on any atom is 0.397 e. The fourth-order valence-electron chi connectivity index (χ4n) is 12.7. The van der Waals surface area contributed by atoms with Crippen molar-refractivity contribution >= 4 is 28.1 Å². The van der Waals surface area contributed by atoms with Crippen LogP contribution in [-0.2, 0) is 38.4 Å². The molecule has 14 atom stereocenters. The zero-order valence-corrected chi connectivity index (χ0v) is 32.5. The van der Waals surface area contributed by atoms with Crippen LogP contribution in [0.1, 0.15) is 127 Å². The molecule has 10 nitrogen and oxygen atoms in total. The van der Waals surface area contributed by atoms with Gasteiger partial charge in [0.15, 0.2) is 11.9 Å². The van der Waals surface area contributed by atoms with Gasteiger partial charge in [0.25, 0.3) is 0 Å². The lowest BCUT2D eigenvalue weighted by molar-refractivity contribution is -0.251. The highest BCUT2D eigenvalue weighted by Crippen LogP contribution is 2.75. The third kappa shape index (κ3) is 5.48. The summed E-state index contributed by atoms with van der Waals surface area (Å²) in [5.41, 5.74) is -1.32. The summed E-state index contributed by atoms with van der Waals surface area (Å²) in [5.74, 6) is -1.90. The highest BCUT2D eigenvalue weighted by atomic mass is 32.3. The molecule has 50 heavy (non-hydrogen) atoms. The third-order valence-electron chi connectivity index (χ3n) is 16.6. The van der Waals surface area contributed by atoms with Crippen molar-refractivity contribution in [3.63, 3.8) is 0 Å². The fraction of sp³-hybridized carbons (Fsp3) is 0.872. The SMILES string of the molecule is C[C@@H]1[C@@H](C)[C@H](OC(=O)[C@@]2(C)CC[C@]3(C)CC[C@]4(C)C(=CC(=O)[C@@H]5[C@@]6(C)CC[C@H](OS(=O)(=O)O)C(C)(C)[C@@H]6CC[C@]54C)[C@@H]3C2)O[C@H](C(=O)O)[C@H]1C. The van der Waals surface area contributed by atoms with Crippen LogP contribution in [0.2, 0.25) is 0 Å². The van der Waals surface area contributed by atoms with Gasteiger partial charge in [-0.05, 0) is 122 Å².